The van der Waals surface area contributed by atoms with Gasteiger partial charge in [-0.05, 0) is 42.8 Å². The average molecular weight is 418 g/mol. The molecule has 0 radical (unpaired) electrons. The maximum absolute atomic E-state index is 12.2. The molecule has 7 nitrogen and oxygen atoms in total. The average Bonchev–Trinajstić information content (AvgIpc) is 3.48. The quantitative estimate of drug-likeness (QED) is 0.233. The summed E-state index contributed by atoms with van der Waals surface area (Å²) in [5.41, 5.74) is 1.13. The van der Waals surface area contributed by atoms with Crippen LogP contribution in [0.15, 0.2) is 69.2 Å². The molecule has 7 heteroatoms. The SMILES string of the molecule is CCCCOC(=O)c1ccc(-c2ccc(/C=C(\C#N)C(=O)NCc3ccco3)o2)cc1. The topological polar surface area (TPSA) is 105 Å². The number of unbranched alkanes of at least 4 members (excludes halogenated alkanes) is 1. The van der Waals surface area contributed by atoms with E-state index in [2.05, 4.69) is 5.32 Å². The Labute approximate surface area is 179 Å². The van der Waals surface area contributed by atoms with Gasteiger partial charge in [0, 0.05) is 11.6 Å². The summed E-state index contributed by atoms with van der Waals surface area (Å²) in [7, 11) is 0. The first-order valence-corrected chi connectivity index (χ1v) is 9.90. The number of furan rings is 2. The Balaban J connectivity index is 1.65. The van der Waals surface area contributed by atoms with Crippen LogP contribution >= 0.6 is 0 Å². The predicted molar refractivity (Wildman–Crippen MR) is 113 cm³/mol. The summed E-state index contributed by atoms with van der Waals surface area (Å²) in [6.45, 7) is 2.62. The van der Waals surface area contributed by atoms with Crippen LogP contribution < -0.4 is 5.32 Å². The third-order valence-electron chi connectivity index (χ3n) is 4.42. The van der Waals surface area contributed by atoms with Gasteiger partial charge in [-0.25, -0.2) is 4.79 Å². The molecule has 3 rings (SSSR count). The highest BCUT2D eigenvalue weighted by atomic mass is 16.5. The molecule has 1 amide bonds. The van der Waals surface area contributed by atoms with E-state index >= 15 is 0 Å². The standard InChI is InChI=1S/C24H22N2O5/c1-2-3-12-30-24(28)18-8-6-17(7-9-18)22-11-10-20(31-22)14-19(15-25)23(27)26-16-21-5-4-13-29-21/h4-11,13-14H,2-3,12,16H2,1H3,(H,26,27)/b19-14+. The molecule has 158 valence electrons. The lowest BCUT2D eigenvalue weighted by atomic mass is 10.1. The van der Waals surface area contributed by atoms with Gasteiger partial charge in [-0.2, -0.15) is 5.26 Å². The number of amides is 1. The van der Waals surface area contributed by atoms with Crippen molar-refractivity contribution in [2.45, 2.75) is 26.3 Å². The molecular weight excluding hydrogens is 396 g/mol. The second-order valence-electron chi connectivity index (χ2n) is 6.70. The Bertz CT molecular complexity index is 1090. The monoisotopic (exact) mass is 418 g/mol. The number of carbonyl (C=O) groups excluding carboxylic acids is 2. The van der Waals surface area contributed by atoms with Gasteiger partial charge >= 0.3 is 5.97 Å². The third-order valence-corrected chi connectivity index (χ3v) is 4.42. The van der Waals surface area contributed by atoms with Crippen molar-refractivity contribution in [2.75, 3.05) is 6.61 Å². The summed E-state index contributed by atoms with van der Waals surface area (Å²) in [5, 5.41) is 11.9. The van der Waals surface area contributed by atoms with E-state index in [1.54, 1.807) is 48.5 Å². The summed E-state index contributed by atoms with van der Waals surface area (Å²) in [6.07, 6.45) is 4.67. The summed E-state index contributed by atoms with van der Waals surface area (Å²) < 4.78 is 16.1. The molecule has 0 aliphatic carbocycles. The Morgan fingerprint density at radius 3 is 2.65 bits per heavy atom. The van der Waals surface area contributed by atoms with Crippen molar-refractivity contribution < 1.29 is 23.2 Å². The Kier molecular flexibility index (Phi) is 7.44. The molecule has 31 heavy (non-hydrogen) atoms. The van der Waals surface area contributed by atoms with Crippen LogP contribution in [-0.4, -0.2) is 18.5 Å². The smallest absolute Gasteiger partial charge is 0.338 e. The number of nitriles is 1. The molecule has 0 unspecified atom stereocenters. The van der Waals surface area contributed by atoms with Gasteiger partial charge in [-0.1, -0.05) is 25.5 Å². The molecule has 0 fully saturated rings. The van der Waals surface area contributed by atoms with Crippen molar-refractivity contribution in [2.24, 2.45) is 0 Å². The van der Waals surface area contributed by atoms with Crippen LogP contribution in [0.5, 0.6) is 0 Å². The lowest BCUT2D eigenvalue weighted by Gasteiger charge is -2.04. The van der Waals surface area contributed by atoms with E-state index in [1.807, 2.05) is 13.0 Å². The first kappa shape index (κ1) is 21.7. The van der Waals surface area contributed by atoms with E-state index in [0.717, 1.165) is 18.4 Å². The van der Waals surface area contributed by atoms with Crippen LogP contribution in [0.1, 0.15) is 41.6 Å². The normalized spacial score (nSPS) is 11.0. The summed E-state index contributed by atoms with van der Waals surface area (Å²) in [5.74, 6) is 0.613. The van der Waals surface area contributed by atoms with Gasteiger partial charge in [0.15, 0.2) is 0 Å². The van der Waals surface area contributed by atoms with Crippen LogP contribution in [0.4, 0.5) is 0 Å². The maximum Gasteiger partial charge on any atom is 0.338 e. The van der Waals surface area contributed by atoms with Crippen molar-refractivity contribution in [3.05, 3.63) is 77.5 Å². The van der Waals surface area contributed by atoms with Crippen LogP contribution in [-0.2, 0) is 16.1 Å². The molecule has 0 bridgehead atoms. The van der Waals surface area contributed by atoms with Gasteiger partial charge in [0.05, 0.1) is 25.0 Å². The van der Waals surface area contributed by atoms with E-state index in [9.17, 15) is 14.9 Å². The van der Waals surface area contributed by atoms with Crippen molar-refractivity contribution in [3.63, 3.8) is 0 Å². The van der Waals surface area contributed by atoms with Crippen molar-refractivity contribution in [1.29, 1.82) is 5.26 Å². The molecule has 2 aromatic heterocycles. The first-order valence-electron chi connectivity index (χ1n) is 9.90. The molecule has 0 aliphatic heterocycles. The second kappa shape index (κ2) is 10.6. The number of ether oxygens (including phenoxy) is 1. The highest BCUT2D eigenvalue weighted by Crippen LogP contribution is 2.24. The number of nitrogens with one attached hydrogen (secondary N) is 1. The van der Waals surface area contributed by atoms with Crippen molar-refractivity contribution in [3.8, 4) is 17.4 Å². The van der Waals surface area contributed by atoms with E-state index in [4.69, 9.17) is 13.6 Å². The zero-order valence-corrected chi connectivity index (χ0v) is 17.1. The van der Waals surface area contributed by atoms with Crippen molar-refractivity contribution >= 4 is 18.0 Å². The van der Waals surface area contributed by atoms with Crippen LogP contribution in [0.3, 0.4) is 0 Å². The van der Waals surface area contributed by atoms with Crippen LogP contribution in [0, 0.1) is 11.3 Å². The molecule has 0 aliphatic rings. The highest BCUT2D eigenvalue weighted by molar-refractivity contribution is 6.01. The number of hydrogen-bond acceptors (Lipinski definition) is 6. The first-order chi connectivity index (χ1) is 15.1. The Hall–Kier alpha value is -4.05. The fraction of sp³-hybridized carbons (Fsp3) is 0.208. The Morgan fingerprint density at radius 1 is 1.16 bits per heavy atom. The van der Waals surface area contributed by atoms with E-state index in [-0.39, 0.29) is 18.1 Å². The van der Waals surface area contributed by atoms with Gasteiger partial charge < -0.3 is 18.9 Å². The molecule has 1 N–H and O–H groups in total. The molecule has 0 saturated carbocycles. The summed E-state index contributed by atoms with van der Waals surface area (Å²) >= 11 is 0. The van der Waals surface area contributed by atoms with Gasteiger partial charge in [0.25, 0.3) is 5.91 Å². The lowest BCUT2D eigenvalue weighted by molar-refractivity contribution is -0.117. The van der Waals surface area contributed by atoms with E-state index in [0.29, 0.717) is 29.5 Å². The second-order valence-corrected chi connectivity index (χ2v) is 6.70. The number of rotatable bonds is 9. The summed E-state index contributed by atoms with van der Waals surface area (Å²) in [6, 6.07) is 15.6. The van der Waals surface area contributed by atoms with E-state index < -0.39 is 5.91 Å². The molecular formula is C24H22N2O5. The number of benzene rings is 1. The number of carbonyl (C=O) groups is 2. The molecule has 0 spiro atoms. The minimum absolute atomic E-state index is 0.0855. The van der Waals surface area contributed by atoms with Gasteiger partial charge in [-0.3, -0.25) is 4.79 Å². The number of esters is 1. The fourth-order valence-corrected chi connectivity index (χ4v) is 2.72. The number of nitrogens with zero attached hydrogens (tertiary/aromatic N) is 1. The van der Waals surface area contributed by atoms with Gasteiger partial charge in [-0.15, -0.1) is 0 Å². The van der Waals surface area contributed by atoms with E-state index in [1.165, 1.54) is 12.3 Å². The molecule has 0 atom stereocenters. The highest BCUT2D eigenvalue weighted by Gasteiger charge is 2.12. The molecule has 2 heterocycles. The zero-order chi connectivity index (χ0) is 22.1. The third kappa shape index (κ3) is 5.97. The molecule has 1 aromatic carbocycles. The molecule has 0 saturated heterocycles. The number of hydrogen-bond donors (Lipinski definition) is 1. The van der Waals surface area contributed by atoms with Crippen LogP contribution in [0.2, 0.25) is 0 Å². The van der Waals surface area contributed by atoms with Gasteiger partial charge in [0.1, 0.15) is 28.9 Å². The van der Waals surface area contributed by atoms with Gasteiger partial charge in [0.2, 0.25) is 0 Å². The predicted octanol–water partition coefficient (Wildman–Crippen LogP) is 4.72. The summed E-state index contributed by atoms with van der Waals surface area (Å²) in [4.78, 5) is 24.2. The van der Waals surface area contributed by atoms with Crippen LogP contribution in [0.25, 0.3) is 17.4 Å². The lowest BCUT2D eigenvalue weighted by Crippen LogP contribution is -2.23. The maximum atomic E-state index is 12.2. The fourth-order valence-electron chi connectivity index (χ4n) is 2.72. The minimum Gasteiger partial charge on any atom is -0.467 e. The Morgan fingerprint density at radius 2 is 1.97 bits per heavy atom. The largest absolute Gasteiger partial charge is 0.467 e. The minimum atomic E-state index is -0.525. The zero-order valence-electron chi connectivity index (χ0n) is 17.1. The van der Waals surface area contributed by atoms with Crippen molar-refractivity contribution in [1.82, 2.24) is 5.32 Å². The molecule has 3 aromatic rings.